The van der Waals surface area contributed by atoms with Crippen molar-refractivity contribution in [1.29, 1.82) is 0 Å². The molecule has 0 radical (unpaired) electrons. The molecule has 0 amide bonds. The zero-order valence-corrected chi connectivity index (χ0v) is 13.2. The molecule has 0 atom stereocenters. The van der Waals surface area contributed by atoms with Crippen LogP contribution in [0.5, 0.6) is 0 Å². The molecular weight excluding hydrogens is 290 g/mol. The highest BCUT2D eigenvalue weighted by atomic mass is 16.4. The second kappa shape index (κ2) is 30.7. The Morgan fingerprint density at radius 1 is 0.619 bits per heavy atom. The molecule has 10 heteroatoms. The fourth-order valence-corrected chi connectivity index (χ4v) is 0. The number of carboxylic acids is 4. The number of carbonyl (C=O) groups is 4. The van der Waals surface area contributed by atoms with Crippen LogP contribution in [0, 0.1) is 0 Å². The van der Waals surface area contributed by atoms with E-state index >= 15 is 0 Å². The average molecular weight is 317 g/mol. The molecule has 0 heterocycles. The standard InChI is InChI=1S/C3H8O.4C2H4O2.H3N/c1-3(2)4;4*1-2(3)4;/h3-4H,1-2H3;4*1H3,(H,3,4);1H3. The summed E-state index contributed by atoms with van der Waals surface area (Å²) in [6.07, 6.45) is -0.167. The molecule has 21 heavy (non-hydrogen) atoms. The lowest BCUT2D eigenvalue weighted by atomic mass is 10.5. The van der Waals surface area contributed by atoms with Crippen LogP contribution in [-0.2, 0) is 19.2 Å². The van der Waals surface area contributed by atoms with E-state index in [-0.39, 0.29) is 12.3 Å². The van der Waals surface area contributed by atoms with Crippen molar-refractivity contribution in [2.24, 2.45) is 0 Å². The van der Waals surface area contributed by atoms with Crippen LogP contribution in [0.3, 0.4) is 0 Å². The van der Waals surface area contributed by atoms with Gasteiger partial charge in [0.25, 0.3) is 23.9 Å². The summed E-state index contributed by atoms with van der Waals surface area (Å²) in [7, 11) is 0. The largest absolute Gasteiger partial charge is 0.481 e. The lowest BCUT2D eigenvalue weighted by Gasteiger charge is -1.80. The van der Waals surface area contributed by atoms with Crippen molar-refractivity contribution in [2.75, 3.05) is 0 Å². The summed E-state index contributed by atoms with van der Waals surface area (Å²) in [5.41, 5.74) is 0. The predicted molar refractivity (Wildman–Crippen MR) is 75.6 cm³/mol. The highest BCUT2D eigenvalue weighted by Crippen LogP contribution is 1.65. The summed E-state index contributed by atoms with van der Waals surface area (Å²) in [5.74, 6) is -3.33. The Morgan fingerprint density at radius 2 is 0.619 bits per heavy atom. The Kier molecular flexibility index (Phi) is 53.1. The van der Waals surface area contributed by atoms with Gasteiger partial charge in [-0.3, -0.25) is 19.2 Å². The molecule has 0 rings (SSSR count). The van der Waals surface area contributed by atoms with Gasteiger partial charge in [0.15, 0.2) is 0 Å². The lowest BCUT2D eigenvalue weighted by molar-refractivity contribution is -0.135. The molecule has 0 aliphatic rings. The third-order valence-corrected chi connectivity index (χ3v) is 0. The maximum atomic E-state index is 9.00. The zero-order chi connectivity index (χ0) is 17.9. The molecule has 130 valence electrons. The first-order valence-corrected chi connectivity index (χ1v) is 5.12. The van der Waals surface area contributed by atoms with Crippen LogP contribution in [0.1, 0.15) is 41.5 Å². The smallest absolute Gasteiger partial charge is 0.300 e. The van der Waals surface area contributed by atoms with Crippen LogP contribution in [0.25, 0.3) is 0 Å². The number of carboxylic acid groups (broad SMARTS) is 4. The van der Waals surface area contributed by atoms with E-state index in [9.17, 15) is 0 Å². The van der Waals surface area contributed by atoms with Gasteiger partial charge in [0.1, 0.15) is 0 Å². The van der Waals surface area contributed by atoms with E-state index in [0.717, 1.165) is 27.7 Å². The van der Waals surface area contributed by atoms with Crippen molar-refractivity contribution in [3.8, 4) is 0 Å². The number of hydrogen-bond donors (Lipinski definition) is 6. The van der Waals surface area contributed by atoms with Crippen molar-refractivity contribution < 1.29 is 44.7 Å². The summed E-state index contributed by atoms with van der Waals surface area (Å²) in [5, 5.41) is 37.7. The predicted octanol–water partition coefficient (Wildman–Crippen LogP) is 0.913. The molecule has 0 aliphatic carbocycles. The van der Waals surface area contributed by atoms with Gasteiger partial charge in [-0.1, -0.05) is 0 Å². The quantitative estimate of drug-likeness (QED) is 0.372. The minimum atomic E-state index is -0.833. The Labute approximate surface area is 123 Å². The molecule has 0 aliphatic heterocycles. The number of aliphatic hydroxyl groups is 1. The van der Waals surface area contributed by atoms with Crippen LogP contribution < -0.4 is 6.15 Å². The van der Waals surface area contributed by atoms with Gasteiger partial charge in [0, 0.05) is 33.8 Å². The number of aliphatic carboxylic acids is 4. The highest BCUT2D eigenvalue weighted by molar-refractivity contribution is 5.63. The maximum absolute atomic E-state index is 9.00. The van der Waals surface area contributed by atoms with Crippen molar-refractivity contribution in [3.05, 3.63) is 0 Å². The summed E-state index contributed by atoms with van der Waals surface area (Å²) >= 11 is 0. The minimum Gasteiger partial charge on any atom is -0.481 e. The molecule has 10 nitrogen and oxygen atoms in total. The second-order valence-corrected chi connectivity index (χ2v) is 3.17. The normalized spacial score (nSPS) is 6.48. The van der Waals surface area contributed by atoms with E-state index in [1.54, 1.807) is 13.8 Å². The third kappa shape index (κ3) is 918. The van der Waals surface area contributed by atoms with Crippen molar-refractivity contribution in [1.82, 2.24) is 6.15 Å². The average Bonchev–Trinajstić information content (AvgIpc) is 1.94. The first-order chi connectivity index (χ1) is 8.66. The van der Waals surface area contributed by atoms with E-state index in [4.69, 9.17) is 44.7 Å². The third-order valence-electron chi connectivity index (χ3n) is 0. The van der Waals surface area contributed by atoms with Crippen molar-refractivity contribution in [2.45, 2.75) is 47.6 Å². The zero-order valence-electron chi connectivity index (χ0n) is 13.2. The first kappa shape index (κ1) is 36.4. The van der Waals surface area contributed by atoms with Gasteiger partial charge in [0.05, 0.1) is 0 Å². The molecule has 0 unspecified atom stereocenters. The minimum absolute atomic E-state index is 0. The fraction of sp³-hybridized carbons (Fsp3) is 0.636. The topological polar surface area (TPSA) is 204 Å². The van der Waals surface area contributed by atoms with Crippen molar-refractivity contribution >= 4 is 23.9 Å². The van der Waals surface area contributed by atoms with Gasteiger partial charge in [-0.2, -0.15) is 0 Å². The molecule has 0 saturated heterocycles. The molecule has 0 spiro atoms. The summed E-state index contributed by atoms with van der Waals surface area (Å²) in [4.78, 5) is 36.0. The van der Waals surface area contributed by atoms with Gasteiger partial charge in [0.2, 0.25) is 0 Å². The molecule has 0 aromatic rings. The lowest BCUT2D eigenvalue weighted by Crippen LogP contribution is -1.85. The van der Waals surface area contributed by atoms with Gasteiger partial charge in [-0.05, 0) is 13.8 Å². The fourth-order valence-electron chi connectivity index (χ4n) is 0. The van der Waals surface area contributed by atoms with Crippen molar-refractivity contribution in [3.63, 3.8) is 0 Å². The van der Waals surface area contributed by atoms with Gasteiger partial charge < -0.3 is 31.7 Å². The van der Waals surface area contributed by atoms with Crippen LogP contribution in [0.15, 0.2) is 0 Å². The molecule has 0 bridgehead atoms. The van der Waals surface area contributed by atoms with Gasteiger partial charge in [-0.15, -0.1) is 0 Å². The van der Waals surface area contributed by atoms with Crippen LogP contribution in [0.4, 0.5) is 0 Å². The monoisotopic (exact) mass is 317 g/mol. The summed E-state index contributed by atoms with van der Waals surface area (Å²) < 4.78 is 0. The SMILES string of the molecule is CC(=O)O.CC(=O)O.CC(=O)O.CC(=O)O.CC(C)O.N. The van der Waals surface area contributed by atoms with Gasteiger partial charge >= 0.3 is 0 Å². The van der Waals surface area contributed by atoms with E-state index in [0.29, 0.717) is 0 Å². The summed E-state index contributed by atoms with van der Waals surface area (Å²) in [6.45, 7) is 7.78. The number of aliphatic hydroxyl groups excluding tert-OH is 1. The molecule has 0 aromatic heterocycles. The molecule has 0 fully saturated rings. The Bertz CT molecular complexity index is 198. The van der Waals surface area contributed by atoms with E-state index < -0.39 is 23.9 Å². The van der Waals surface area contributed by atoms with E-state index in [1.165, 1.54) is 0 Å². The van der Waals surface area contributed by atoms with E-state index in [1.807, 2.05) is 0 Å². The molecule has 0 saturated carbocycles. The van der Waals surface area contributed by atoms with E-state index in [2.05, 4.69) is 0 Å². The number of rotatable bonds is 0. The maximum Gasteiger partial charge on any atom is 0.300 e. The Hall–Kier alpha value is -2.20. The highest BCUT2D eigenvalue weighted by Gasteiger charge is 1.69. The van der Waals surface area contributed by atoms with Crippen LogP contribution in [0.2, 0.25) is 0 Å². The van der Waals surface area contributed by atoms with Crippen LogP contribution >= 0.6 is 0 Å². The summed E-state index contributed by atoms with van der Waals surface area (Å²) in [6, 6.07) is 0. The second-order valence-electron chi connectivity index (χ2n) is 3.17. The van der Waals surface area contributed by atoms with Gasteiger partial charge in [-0.25, -0.2) is 0 Å². The Balaban J connectivity index is -0.0000000331. The first-order valence-electron chi connectivity index (χ1n) is 5.12. The molecule has 0 aromatic carbocycles. The Morgan fingerprint density at radius 3 is 0.619 bits per heavy atom. The molecular formula is C11H27NO9. The van der Waals surface area contributed by atoms with Crippen LogP contribution in [-0.4, -0.2) is 55.5 Å². The molecule has 8 N–H and O–H groups in total. The number of hydrogen-bond acceptors (Lipinski definition) is 6.